The van der Waals surface area contributed by atoms with Gasteiger partial charge in [0.2, 0.25) is 0 Å². The lowest BCUT2D eigenvalue weighted by atomic mass is 9.97. The van der Waals surface area contributed by atoms with Crippen molar-refractivity contribution in [1.29, 1.82) is 0 Å². The summed E-state index contributed by atoms with van der Waals surface area (Å²) in [7, 11) is 0. The zero-order chi connectivity index (χ0) is 18.7. The zero-order valence-corrected chi connectivity index (χ0v) is 15.8. The molecule has 134 valence electrons. The zero-order valence-electron chi connectivity index (χ0n) is 14.9. The number of ether oxygens (including phenoxy) is 2. The van der Waals surface area contributed by atoms with Crippen LogP contribution < -0.4 is 9.47 Å². The maximum atomic E-state index is 11.2. The number of carbonyl (C=O) groups excluding carboxylic acids is 2. The Hall–Kier alpha value is -2.53. The second-order valence-corrected chi connectivity index (χ2v) is 7.27. The van der Waals surface area contributed by atoms with Gasteiger partial charge in [-0.25, -0.2) is 0 Å². The lowest BCUT2D eigenvalue weighted by molar-refractivity contribution is -0.132. The Morgan fingerprint density at radius 1 is 0.962 bits per heavy atom. The highest BCUT2D eigenvalue weighted by Gasteiger charge is 2.22. The first-order chi connectivity index (χ1) is 12.5. The van der Waals surface area contributed by atoms with E-state index in [2.05, 4.69) is 13.0 Å². The van der Waals surface area contributed by atoms with Crippen LogP contribution in [0.1, 0.15) is 38.3 Å². The molecule has 1 atom stereocenters. The fourth-order valence-corrected chi connectivity index (χ4v) is 4.15. The van der Waals surface area contributed by atoms with E-state index in [1.54, 1.807) is 11.8 Å². The van der Waals surface area contributed by atoms with Gasteiger partial charge in [0.15, 0.2) is 0 Å². The fourth-order valence-electron chi connectivity index (χ4n) is 2.90. The highest BCUT2D eigenvalue weighted by Crippen LogP contribution is 2.44. The van der Waals surface area contributed by atoms with Crippen LogP contribution >= 0.6 is 11.8 Å². The highest BCUT2D eigenvalue weighted by molar-refractivity contribution is 8.00. The van der Waals surface area contributed by atoms with Gasteiger partial charge in [-0.2, -0.15) is 0 Å². The summed E-state index contributed by atoms with van der Waals surface area (Å²) in [6, 6.07) is 13.3. The van der Waals surface area contributed by atoms with Crippen molar-refractivity contribution in [2.24, 2.45) is 0 Å². The SMILES string of the molecule is CCC1Sc2cc(OC(C)=O)ccc2C=C1c1ccc(OC(C)=O)cc1. The van der Waals surface area contributed by atoms with Crippen LogP contribution in [0.4, 0.5) is 0 Å². The molecule has 0 amide bonds. The summed E-state index contributed by atoms with van der Waals surface area (Å²) in [6.07, 6.45) is 3.15. The number of fused-ring (bicyclic) bond motifs is 1. The van der Waals surface area contributed by atoms with Crippen molar-refractivity contribution in [3.63, 3.8) is 0 Å². The molecule has 1 aliphatic rings. The third kappa shape index (κ3) is 4.17. The minimum absolute atomic E-state index is 0.301. The number of carbonyl (C=O) groups is 2. The van der Waals surface area contributed by atoms with Crippen molar-refractivity contribution >= 4 is 35.3 Å². The molecule has 0 N–H and O–H groups in total. The lowest BCUT2D eigenvalue weighted by Crippen LogP contribution is -2.09. The van der Waals surface area contributed by atoms with Crippen LogP contribution in [-0.4, -0.2) is 17.2 Å². The van der Waals surface area contributed by atoms with E-state index in [4.69, 9.17) is 9.47 Å². The molecule has 0 aliphatic carbocycles. The standard InChI is InChI=1S/C21H20O4S/c1-4-20-19(15-5-8-17(9-6-15)24-13(2)22)11-16-7-10-18(25-14(3)23)12-21(16)26-20/h5-12,20H,4H2,1-3H3. The fraction of sp³-hybridized carbons (Fsp3) is 0.238. The molecule has 0 bridgehead atoms. The quantitative estimate of drug-likeness (QED) is 0.564. The Balaban J connectivity index is 1.92. The smallest absolute Gasteiger partial charge is 0.308 e. The molecule has 1 unspecified atom stereocenters. The van der Waals surface area contributed by atoms with Gasteiger partial charge in [0.25, 0.3) is 0 Å². The van der Waals surface area contributed by atoms with Gasteiger partial charge in [-0.05, 0) is 53.5 Å². The summed E-state index contributed by atoms with van der Waals surface area (Å²) in [5.41, 5.74) is 3.45. The predicted octanol–water partition coefficient (Wildman–Crippen LogP) is 4.96. The summed E-state index contributed by atoms with van der Waals surface area (Å²) >= 11 is 1.77. The van der Waals surface area contributed by atoms with E-state index in [1.165, 1.54) is 19.4 Å². The molecule has 1 aliphatic heterocycles. The molecule has 2 aromatic rings. The summed E-state index contributed by atoms with van der Waals surface area (Å²) in [6.45, 7) is 4.95. The molecule has 26 heavy (non-hydrogen) atoms. The molecule has 0 saturated carbocycles. The largest absolute Gasteiger partial charge is 0.427 e. The Labute approximate surface area is 157 Å². The van der Waals surface area contributed by atoms with Gasteiger partial charge in [-0.1, -0.05) is 25.1 Å². The normalized spacial score (nSPS) is 15.7. The van der Waals surface area contributed by atoms with E-state index in [-0.39, 0.29) is 11.9 Å². The molecule has 0 saturated heterocycles. The van der Waals surface area contributed by atoms with E-state index < -0.39 is 0 Å². The minimum Gasteiger partial charge on any atom is -0.427 e. The molecule has 0 radical (unpaired) electrons. The van der Waals surface area contributed by atoms with Crippen LogP contribution in [0.15, 0.2) is 47.4 Å². The molecule has 0 fully saturated rings. The Kier molecular flexibility index (Phi) is 5.47. The third-order valence-electron chi connectivity index (χ3n) is 3.99. The van der Waals surface area contributed by atoms with Gasteiger partial charge in [0.1, 0.15) is 11.5 Å². The molecule has 0 spiro atoms. The van der Waals surface area contributed by atoms with Crippen LogP contribution in [0, 0.1) is 0 Å². The number of rotatable bonds is 4. The average Bonchev–Trinajstić information content (AvgIpc) is 2.60. The van der Waals surface area contributed by atoms with Crippen molar-refractivity contribution in [1.82, 2.24) is 0 Å². The van der Waals surface area contributed by atoms with Crippen molar-refractivity contribution in [2.45, 2.75) is 37.3 Å². The first-order valence-electron chi connectivity index (χ1n) is 8.46. The van der Waals surface area contributed by atoms with Crippen molar-refractivity contribution in [3.8, 4) is 11.5 Å². The summed E-state index contributed by atoms with van der Waals surface area (Å²) < 4.78 is 10.3. The Bertz CT molecular complexity index is 868. The van der Waals surface area contributed by atoms with Crippen LogP contribution in [0.2, 0.25) is 0 Å². The lowest BCUT2D eigenvalue weighted by Gasteiger charge is -2.25. The maximum absolute atomic E-state index is 11.2. The van der Waals surface area contributed by atoms with Crippen molar-refractivity contribution < 1.29 is 19.1 Å². The van der Waals surface area contributed by atoms with Gasteiger partial charge in [-0.3, -0.25) is 9.59 Å². The summed E-state index contributed by atoms with van der Waals surface area (Å²) in [5, 5.41) is 0.301. The van der Waals surface area contributed by atoms with Gasteiger partial charge in [0, 0.05) is 24.0 Å². The number of hydrogen-bond acceptors (Lipinski definition) is 5. The van der Waals surface area contributed by atoms with E-state index in [0.717, 1.165) is 22.4 Å². The number of esters is 2. The topological polar surface area (TPSA) is 52.6 Å². The van der Waals surface area contributed by atoms with Crippen LogP contribution in [-0.2, 0) is 9.59 Å². The van der Waals surface area contributed by atoms with Crippen molar-refractivity contribution in [3.05, 3.63) is 53.6 Å². The van der Waals surface area contributed by atoms with Gasteiger partial charge in [-0.15, -0.1) is 11.8 Å². The van der Waals surface area contributed by atoms with Crippen molar-refractivity contribution in [2.75, 3.05) is 0 Å². The minimum atomic E-state index is -0.325. The summed E-state index contributed by atoms with van der Waals surface area (Å²) in [4.78, 5) is 23.3. The molecular weight excluding hydrogens is 348 g/mol. The molecule has 2 aromatic carbocycles. The molecule has 0 aromatic heterocycles. The monoisotopic (exact) mass is 368 g/mol. The van der Waals surface area contributed by atoms with E-state index in [1.807, 2.05) is 42.5 Å². The second-order valence-electron chi connectivity index (χ2n) is 6.03. The average molecular weight is 368 g/mol. The van der Waals surface area contributed by atoms with Crippen LogP contribution in [0.5, 0.6) is 11.5 Å². The first-order valence-corrected chi connectivity index (χ1v) is 9.34. The second kappa shape index (κ2) is 7.79. The maximum Gasteiger partial charge on any atom is 0.308 e. The van der Waals surface area contributed by atoms with E-state index in [9.17, 15) is 9.59 Å². The van der Waals surface area contributed by atoms with E-state index in [0.29, 0.717) is 16.7 Å². The molecule has 4 nitrogen and oxygen atoms in total. The Morgan fingerprint density at radius 2 is 1.58 bits per heavy atom. The Morgan fingerprint density at radius 3 is 2.19 bits per heavy atom. The number of hydrogen-bond donors (Lipinski definition) is 0. The van der Waals surface area contributed by atoms with E-state index >= 15 is 0 Å². The van der Waals surface area contributed by atoms with Gasteiger partial charge in [0.05, 0.1) is 0 Å². The predicted molar refractivity (Wildman–Crippen MR) is 103 cm³/mol. The molecule has 1 heterocycles. The number of benzene rings is 2. The first kappa shape index (κ1) is 18.3. The van der Waals surface area contributed by atoms with Gasteiger partial charge >= 0.3 is 11.9 Å². The molecular formula is C21H20O4S. The third-order valence-corrected chi connectivity index (χ3v) is 5.47. The summed E-state index contributed by atoms with van der Waals surface area (Å²) in [5.74, 6) is 0.474. The molecule has 5 heteroatoms. The van der Waals surface area contributed by atoms with Gasteiger partial charge < -0.3 is 9.47 Å². The molecule has 3 rings (SSSR count). The van der Waals surface area contributed by atoms with Crippen LogP contribution in [0.25, 0.3) is 11.6 Å². The number of thioether (sulfide) groups is 1. The van der Waals surface area contributed by atoms with Crippen LogP contribution in [0.3, 0.4) is 0 Å². The highest BCUT2D eigenvalue weighted by atomic mass is 32.2.